The molecule has 2 N–H and O–H groups in total. The monoisotopic (exact) mass is 315 g/mol. The van der Waals surface area contributed by atoms with Gasteiger partial charge in [-0.05, 0) is 18.2 Å². The third kappa shape index (κ3) is 3.82. The first-order chi connectivity index (χ1) is 11.0. The predicted octanol–water partition coefficient (Wildman–Crippen LogP) is 2.07. The van der Waals surface area contributed by atoms with Crippen LogP contribution in [0.2, 0.25) is 0 Å². The molecule has 118 valence electrons. The summed E-state index contributed by atoms with van der Waals surface area (Å²) in [6.45, 7) is 0. The van der Waals surface area contributed by atoms with Gasteiger partial charge in [0, 0.05) is 23.3 Å². The Morgan fingerprint density at radius 3 is 2.78 bits per heavy atom. The van der Waals surface area contributed by atoms with Crippen LogP contribution in [0.4, 0.5) is 5.69 Å². The van der Waals surface area contributed by atoms with Crippen molar-refractivity contribution in [3.8, 4) is 11.5 Å². The van der Waals surface area contributed by atoms with E-state index in [4.69, 9.17) is 4.74 Å². The van der Waals surface area contributed by atoms with E-state index in [-0.39, 0.29) is 22.7 Å². The third-order valence-corrected chi connectivity index (χ3v) is 2.94. The molecule has 0 spiro atoms. The molecular weight excluding hydrogens is 302 g/mol. The Bertz CT molecular complexity index is 773. The molecular formula is C15H13N3O5. The highest BCUT2D eigenvalue weighted by Gasteiger charge is 2.11. The zero-order chi connectivity index (χ0) is 16.8. The maximum Gasteiger partial charge on any atom is 0.271 e. The number of phenolic OH excluding ortho intramolecular Hbond substituents is 1. The number of nitrogens with one attached hydrogen (secondary N) is 1. The molecule has 0 bridgehead atoms. The first kappa shape index (κ1) is 16.0. The Kier molecular flexibility index (Phi) is 4.88. The Labute approximate surface area is 131 Å². The standard InChI is InChI=1S/C15H13N3O5/c1-23-13-7-3-5-11(14(13)19)9-16-17-15(20)10-4-2-6-12(8-10)18(21)22/h2-9,19H,1H3,(H,17,20). The molecule has 0 aliphatic carbocycles. The van der Waals surface area contributed by atoms with Crippen LogP contribution in [0.15, 0.2) is 47.6 Å². The number of hydrazone groups is 1. The minimum Gasteiger partial charge on any atom is -0.504 e. The lowest BCUT2D eigenvalue weighted by molar-refractivity contribution is -0.384. The molecule has 0 atom stereocenters. The van der Waals surface area contributed by atoms with E-state index in [2.05, 4.69) is 10.5 Å². The summed E-state index contributed by atoms with van der Waals surface area (Å²) in [6.07, 6.45) is 1.24. The van der Waals surface area contributed by atoms with Crippen LogP contribution in [0, 0.1) is 10.1 Å². The van der Waals surface area contributed by atoms with Crippen molar-refractivity contribution in [2.45, 2.75) is 0 Å². The van der Waals surface area contributed by atoms with Gasteiger partial charge >= 0.3 is 0 Å². The number of ether oxygens (including phenoxy) is 1. The van der Waals surface area contributed by atoms with E-state index in [9.17, 15) is 20.0 Å². The van der Waals surface area contributed by atoms with Gasteiger partial charge in [0.1, 0.15) is 0 Å². The number of hydrogen-bond acceptors (Lipinski definition) is 6. The maximum atomic E-state index is 11.9. The molecule has 2 rings (SSSR count). The van der Waals surface area contributed by atoms with Crippen molar-refractivity contribution in [2.75, 3.05) is 7.11 Å². The number of methoxy groups -OCH3 is 1. The quantitative estimate of drug-likeness (QED) is 0.498. The molecule has 0 aliphatic heterocycles. The Balaban J connectivity index is 2.10. The second kappa shape index (κ2) is 7.03. The van der Waals surface area contributed by atoms with Gasteiger partial charge in [-0.25, -0.2) is 5.43 Å². The average Bonchev–Trinajstić information content (AvgIpc) is 2.56. The van der Waals surface area contributed by atoms with E-state index in [1.165, 1.54) is 31.5 Å². The second-order valence-electron chi connectivity index (χ2n) is 4.40. The first-order valence-electron chi connectivity index (χ1n) is 6.46. The molecule has 0 unspecified atom stereocenters. The Morgan fingerprint density at radius 1 is 1.35 bits per heavy atom. The summed E-state index contributed by atoms with van der Waals surface area (Å²) in [7, 11) is 1.42. The predicted molar refractivity (Wildman–Crippen MR) is 82.8 cm³/mol. The fourth-order valence-corrected chi connectivity index (χ4v) is 1.79. The molecule has 8 nitrogen and oxygen atoms in total. The molecule has 0 aliphatic rings. The van der Waals surface area contributed by atoms with Gasteiger partial charge in [0.25, 0.3) is 11.6 Å². The second-order valence-corrected chi connectivity index (χ2v) is 4.40. The number of amides is 1. The molecule has 0 saturated heterocycles. The van der Waals surface area contributed by atoms with Crippen LogP contribution in [0.25, 0.3) is 0 Å². The molecule has 1 amide bonds. The van der Waals surface area contributed by atoms with Gasteiger partial charge in [-0.3, -0.25) is 14.9 Å². The molecule has 0 heterocycles. The number of carbonyl (C=O) groups is 1. The van der Waals surface area contributed by atoms with Crippen molar-refractivity contribution >= 4 is 17.8 Å². The molecule has 8 heteroatoms. The number of carbonyl (C=O) groups excluding carboxylic acids is 1. The largest absolute Gasteiger partial charge is 0.504 e. The summed E-state index contributed by atoms with van der Waals surface area (Å²) in [5.74, 6) is -0.436. The van der Waals surface area contributed by atoms with E-state index in [0.29, 0.717) is 5.56 Å². The Hall–Kier alpha value is -3.42. The van der Waals surface area contributed by atoms with Crippen molar-refractivity contribution in [2.24, 2.45) is 5.10 Å². The molecule has 0 fully saturated rings. The van der Waals surface area contributed by atoms with Crippen LogP contribution < -0.4 is 10.2 Å². The summed E-state index contributed by atoms with van der Waals surface area (Å²) < 4.78 is 4.96. The van der Waals surface area contributed by atoms with Gasteiger partial charge in [0.15, 0.2) is 11.5 Å². The van der Waals surface area contributed by atoms with Crippen LogP contribution >= 0.6 is 0 Å². The lowest BCUT2D eigenvalue weighted by Crippen LogP contribution is -2.17. The fraction of sp³-hybridized carbons (Fsp3) is 0.0667. The van der Waals surface area contributed by atoms with E-state index in [0.717, 1.165) is 6.07 Å². The maximum absolute atomic E-state index is 11.9. The van der Waals surface area contributed by atoms with Gasteiger partial charge in [-0.1, -0.05) is 12.1 Å². The van der Waals surface area contributed by atoms with Crippen molar-refractivity contribution < 1.29 is 19.6 Å². The number of non-ortho nitro benzene ring substituents is 1. The molecule has 2 aromatic carbocycles. The third-order valence-electron chi connectivity index (χ3n) is 2.94. The zero-order valence-electron chi connectivity index (χ0n) is 12.1. The van der Waals surface area contributed by atoms with Gasteiger partial charge in [-0.15, -0.1) is 0 Å². The van der Waals surface area contributed by atoms with Crippen LogP contribution in [-0.4, -0.2) is 29.3 Å². The van der Waals surface area contributed by atoms with Gasteiger partial charge in [0.05, 0.1) is 18.2 Å². The van der Waals surface area contributed by atoms with E-state index in [1.807, 2.05) is 0 Å². The van der Waals surface area contributed by atoms with Crippen LogP contribution in [-0.2, 0) is 0 Å². The summed E-state index contributed by atoms with van der Waals surface area (Å²) >= 11 is 0. The smallest absolute Gasteiger partial charge is 0.271 e. The summed E-state index contributed by atoms with van der Waals surface area (Å²) in [4.78, 5) is 22.0. The molecule has 0 aromatic heterocycles. The van der Waals surface area contributed by atoms with Gasteiger partial charge in [0.2, 0.25) is 0 Å². The Morgan fingerprint density at radius 2 is 2.09 bits per heavy atom. The number of benzene rings is 2. The number of nitro benzene ring substituents is 1. The van der Waals surface area contributed by atoms with Gasteiger partial charge in [-0.2, -0.15) is 5.10 Å². The minimum atomic E-state index is -0.604. The first-order valence-corrected chi connectivity index (χ1v) is 6.46. The summed E-state index contributed by atoms with van der Waals surface area (Å²) in [5.41, 5.74) is 2.50. The van der Waals surface area contributed by atoms with Crippen molar-refractivity contribution in [3.05, 3.63) is 63.7 Å². The topological polar surface area (TPSA) is 114 Å². The summed E-state index contributed by atoms with van der Waals surface area (Å²) in [6, 6.07) is 10.1. The molecule has 0 saturated carbocycles. The highest BCUT2D eigenvalue weighted by Crippen LogP contribution is 2.27. The average molecular weight is 315 g/mol. The van der Waals surface area contributed by atoms with Crippen LogP contribution in [0.1, 0.15) is 15.9 Å². The SMILES string of the molecule is COc1cccc(C=NNC(=O)c2cccc([N+](=O)[O-])c2)c1O. The molecule has 2 aromatic rings. The fourth-order valence-electron chi connectivity index (χ4n) is 1.79. The van der Waals surface area contributed by atoms with E-state index < -0.39 is 10.8 Å². The normalized spacial score (nSPS) is 10.5. The van der Waals surface area contributed by atoms with Crippen LogP contribution in [0.3, 0.4) is 0 Å². The van der Waals surface area contributed by atoms with E-state index in [1.54, 1.807) is 18.2 Å². The lowest BCUT2D eigenvalue weighted by atomic mass is 10.2. The molecule has 0 radical (unpaired) electrons. The number of nitrogens with zero attached hydrogens (tertiary/aromatic N) is 2. The highest BCUT2D eigenvalue weighted by atomic mass is 16.6. The number of aromatic hydroxyl groups is 1. The van der Waals surface area contributed by atoms with Crippen molar-refractivity contribution in [3.63, 3.8) is 0 Å². The lowest BCUT2D eigenvalue weighted by Gasteiger charge is -2.05. The summed E-state index contributed by atoms with van der Waals surface area (Å²) in [5, 5.41) is 24.3. The number of phenols is 1. The molecule has 23 heavy (non-hydrogen) atoms. The van der Waals surface area contributed by atoms with Crippen molar-refractivity contribution in [1.82, 2.24) is 5.43 Å². The van der Waals surface area contributed by atoms with E-state index >= 15 is 0 Å². The number of para-hydroxylation sites is 1. The van der Waals surface area contributed by atoms with Gasteiger partial charge < -0.3 is 9.84 Å². The van der Waals surface area contributed by atoms with Crippen LogP contribution in [0.5, 0.6) is 11.5 Å². The number of nitro groups is 1. The highest BCUT2D eigenvalue weighted by molar-refractivity contribution is 5.95. The minimum absolute atomic E-state index is 0.103. The number of hydrogen-bond donors (Lipinski definition) is 2. The number of rotatable bonds is 5. The zero-order valence-corrected chi connectivity index (χ0v) is 12.1. The van der Waals surface area contributed by atoms with Crippen molar-refractivity contribution in [1.29, 1.82) is 0 Å².